The minimum atomic E-state index is -0.478. The van der Waals surface area contributed by atoms with E-state index in [-0.39, 0.29) is 11.1 Å². The van der Waals surface area contributed by atoms with Crippen LogP contribution in [-0.4, -0.2) is 22.7 Å². The molecule has 1 aromatic heterocycles. The number of benzene rings is 2. The zero-order chi connectivity index (χ0) is 18.8. The number of nitrogens with one attached hydrogen (secondary N) is 1. The molecule has 1 aliphatic heterocycles. The van der Waals surface area contributed by atoms with Gasteiger partial charge in [-0.3, -0.25) is 0 Å². The van der Waals surface area contributed by atoms with Gasteiger partial charge >= 0.3 is 0 Å². The highest BCUT2D eigenvalue weighted by Crippen LogP contribution is 2.28. The van der Waals surface area contributed by atoms with Gasteiger partial charge in [-0.15, -0.1) is 0 Å². The fraction of sp³-hybridized carbons (Fsp3) is 0.200. The quantitative estimate of drug-likeness (QED) is 0.511. The van der Waals surface area contributed by atoms with Gasteiger partial charge in [-0.2, -0.15) is 0 Å². The number of fused-ring (bicyclic) bond motifs is 1. The minimum Gasteiger partial charge on any atom is -0.398 e. The van der Waals surface area contributed by atoms with Gasteiger partial charge < -0.3 is 15.8 Å². The van der Waals surface area contributed by atoms with Gasteiger partial charge in [-0.1, -0.05) is 23.4 Å². The van der Waals surface area contributed by atoms with Crippen molar-refractivity contribution >= 4 is 39.7 Å². The molecule has 5 nitrogen and oxygen atoms in total. The summed E-state index contributed by atoms with van der Waals surface area (Å²) in [6.45, 7) is 0.752. The lowest BCUT2D eigenvalue weighted by Gasteiger charge is -2.10. The third-order valence-corrected chi connectivity index (χ3v) is 4.58. The Morgan fingerprint density at radius 1 is 1.26 bits per heavy atom. The topological polar surface area (TPSA) is 73.1 Å². The average Bonchev–Trinajstić information content (AvgIpc) is 3.17. The number of halogens is 2. The van der Waals surface area contributed by atoms with E-state index < -0.39 is 5.82 Å². The Bertz CT molecular complexity index is 1070. The summed E-state index contributed by atoms with van der Waals surface area (Å²) >= 11 is 5.84. The summed E-state index contributed by atoms with van der Waals surface area (Å²) in [5, 5.41) is 3.89. The van der Waals surface area contributed by atoms with Crippen LogP contribution in [-0.2, 0) is 4.74 Å². The van der Waals surface area contributed by atoms with Crippen molar-refractivity contribution in [3.8, 4) is 11.8 Å². The van der Waals surface area contributed by atoms with Gasteiger partial charge in [0.2, 0.25) is 0 Å². The molecule has 27 heavy (non-hydrogen) atoms. The summed E-state index contributed by atoms with van der Waals surface area (Å²) in [6, 6.07) is 7.98. The van der Waals surface area contributed by atoms with Crippen LogP contribution in [0.5, 0.6) is 0 Å². The second-order valence-electron chi connectivity index (χ2n) is 6.20. The van der Waals surface area contributed by atoms with Crippen LogP contribution in [0, 0.1) is 17.7 Å². The Balaban J connectivity index is 1.68. The molecule has 1 unspecified atom stereocenters. The maximum Gasteiger partial charge on any atom is 0.141 e. The van der Waals surface area contributed by atoms with Crippen LogP contribution in [0.2, 0.25) is 5.02 Å². The Hall–Kier alpha value is -2.88. The van der Waals surface area contributed by atoms with E-state index >= 15 is 0 Å². The molecular formula is C20H16ClFN4O. The summed E-state index contributed by atoms with van der Waals surface area (Å²) < 4.78 is 18.9. The van der Waals surface area contributed by atoms with Crippen molar-refractivity contribution in [3.63, 3.8) is 0 Å². The average molecular weight is 383 g/mol. The number of hydrogen-bond acceptors (Lipinski definition) is 5. The molecule has 7 heteroatoms. The molecule has 136 valence electrons. The first-order valence-electron chi connectivity index (χ1n) is 8.49. The number of nitrogens with two attached hydrogens (primary N) is 1. The van der Waals surface area contributed by atoms with Crippen LogP contribution in [0.15, 0.2) is 36.7 Å². The number of nitrogens with zero attached hydrogens (tertiary/aromatic N) is 2. The molecule has 0 aliphatic carbocycles. The van der Waals surface area contributed by atoms with Crippen LogP contribution < -0.4 is 11.1 Å². The van der Waals surface area contributed by atoms with Crippen molar-refractivity contribution in [2.75, 3.05) is 17.7 Å². The van der Waals surface area contributed by atoms with Crippen molar-refractivity contribution in [2.45, 2.75) is 18.9 Å². The van der Waals surface area contributed by atoms with Crippen LogP contribution >= 0.6 is 11.6 Å². The van der Waals surface area contributed by atoms with Crippen molar-refractivity contribution < 1.29 is 9.13 Å². The fourth-order valence-electron chi connectivity index (χ4n) is 2.89. The molecule has 1 fully saturated rings. The molecular weight excluding hydrogens is 367 g/mol. The first-order chi connectivity index (χ1) is 13.1. The Labute approximate surface area is 160 Å². The van der Waals surface area contributed by atoms with Gasteiger partial charge in [0.05, 0.1) is 10.5 Å². The van der Waals surface area contributed by atoms with Gasteiger partial charge in [0.1, 0.15) is 24.1 Å². The molecule has 0 radical (unpaired) electrons. The lowest BCUT2D eigenvalue weighted by Crippen LogP contribution is -2.01. The molecule has 4 rings (SSSR count). The molecule has 1 saturated heterocycles. The van der Waals surface area contributed by atoms with E-state index in [0.29, 0.717) is 28.3 Å². The number of nitrogen functional groups attached to an aromatic ring is 1. The summed E-state index contributed by atoms with van der Waals surface area (Å²) in [7, 11) is 0. The molecule has 3 aromatic rings. The van der Waals surface area contributed by atoms with Crippen molar-refractivity contribution in [1.82, 2.24) is 9.97 Å². The van der Waals surface area contributed by atoms with E-state index in [1.54, 1.807) is 12.1 Å². The van der Waals surface area contributed by atoms with Gasteiger partial charge in [0.25, 0.3) is 0 Å². The van der Waals surface area contributed by atoms with Crippen LogP contribution in [0.3, 0.4) is 0 Å². The minimum absolute atomic E-state index is 0.0320. The molecule has 2 heterocycles. The zero-order valence-corrected chi connectivity index (χ0v) is 15.1. The zero-order valence-electron chi connectivity index (χ0n) is 14.3. The third kappa shape index (κ3) is 3.80. The number of anilines is 3. The maximum atomic E-state index is 13.3. The Morgan fingerprint density at radius 2 is 2.15 bits per heavy atom. The van der Waals surface area contributed by atoms with E-state index in [9.17, 15) is 4.39 Å². The number of rotatable bonds is 2. The van der Waals surface area contributed by atoms with Crippen LogP contribution in [0.4, 0.5) is 21.6 Å². The largest absolute Gasteiger partial charge is 0.398 e. The highest BCUT2D eigenvalue weighted by molar-refractivity contribution is 6.31. The standard InChI is InChI=1S/C20H16ClFN4O/c21-16-9-13(4-6-17(16)22)26-20-15-10-18(23)12(8-19(15)24-11-25-20)3-5-14-2-1-7-27-14/h4,6,8-11,14H,1-2,7,23H2,(H,24,25,26). The Kier molecular flexibility index (Phi) is 4.80. The predicted octanol–water partition coefficient (Wildman–Crippen LogP) is 4.28. The molecule has 0 spiro atoms. The van der Waals surface area contributed by atoms with E-state index in [1.807, 2.05) is 6.07 Å². The van der Waals surface area contributed by atoms with Crippen molar-refractivity contribution in [2.24, 2.45) is 0 Å². The molecule has 0 saturated carbocycles. The van der Waals surface area contributed by atoms with Gasteiger partial charge in [-0.25, -0.2) is 14.4 Å². The first kappa shape index (κ1) is 17.5. The highest BCUT2D eigenvalue weighted by atomic mass is 35.5. The lowest BCUT2D eigenvalue weighted by molar-refractivity contribution is 0.152. The van der Waals surface area contributed by atoms with E-state index in [4.69, 9.17) is 22.1 Å². The van der Waals surface area contributed by atoms with Crippen molar-refractivity contribution in [1.29, 1.82) is 0 Å². The molecule has 0 bridgehead atoms. The summed E-state index contributed by atoms with van der Waals surface area (Å²) in [6.07, 6.45) is 3.38. The van der Waals surface area contributed by atoms with Crippen LogP contribution in [0.1, 0.15) is 18.4 Å². The summed E-state index contributed by atoms with van der Waals surface area (Å²) in [4.78, 5) is 8.57. The summed E-state index contributed by atoms with van der Waals surface area (Å²) in [5.41, 5.74) is 8.73. The van der Waals surface area contributed by atoms with Crippen molar-refractivity contribution in [3.05, 3.63) is 53.1 Å². The van der Waals surface area contributed by atoms with E-state index in [2.05, 4.69) is 27.1 Å². The fourth-order valence-corrected chi connectivity index (χ4v) is 3.07. The normalized spacial score (nSPS) is 16.1. The second kappa shape index (κ2) is 7.39. The predicted molar refractivity (Wildman–Crippen MR) is 104 cm³/mol. The Morgan fingerprint density at radius 3 is 2.93 bits per heavy atom. The van der Waals surface area contributed by atoms with Gasteiger partial charge in [-0.05, 0) is 43.2 Å². The molecule has 1 aliphatic rings. The summed E-state index contributed by atoms with van der Waals surface area (Å²) in [5.74, 6) is 6.27. The molecule has 1 atom stereocenters. The lowest BCUT2D eigenvalue weighted by atomic mass is 10.1. The van der Waals surface area contributed by atoms with Gasteiger partial charge in [0, 0.05) is 28.9 Å². The first-order valence-corrected chi connectivity index (χ1v) is 8.87. The number of hydrogen-bond donors (Lipinski definition) is 2. The van der Waals surface area contributed by atoms with E-state index in [0.717, 1.165) is 24.8 Å². The van der Waals surface area contributed by atoms with Gasteiger partial charge in [0.15, 0.2) is 0 Å². The SMILES string of the molecule is Nc1cc2c(Nc3ccc(F)c(Cl)c3)ncnc2cc1C#CC1CCCO1. The third-order valence-electron chi connectivity index (χ3n) is 4.29. The molecule has 0 amide bonds. The molecule has 2 aromatic carbocycles. The monoisotopic (exact) mass is 382 g/mol. The van der Waals surface area contributed by atoms with Crippen LogP contribution in [0.25, 0.3) is 10.9 Å². The number of ether oxygens (including phenoxy) is 1. The second-order valence-corrected chi connectivity index (χ2v) is 6.61. The number of aromatic nitrogens is 2. The maximum absolute atomic E-state index is 13.3. The van der Waals surface area contributed by atoms with E-state index in [1.165, 1.54) is 18.5 Å². The highest BCUT2D eigenvalue weighted by Gasteiger charge is 2.13. The molecule has 3 N–H and O–H groups in total. The smallest absolute Gasteiger partial charge is 0.141 e.